The van der Waals surface area contributed by atoms with Crippen molar-refractivity contribution < 1.29 is 9.59 Å². The number of imide groups is 1. The van der Waals surface area contributed by atoms with Crippen molar-refractivity contribution in [1.82, 2.24) is 15.3 Å². The summed E-state index contributed by atoms with van der Waals surface area (Å²) in [7, 11) is 0. The Bertz CT molecular complexity index is 634. The monoisotopic (exact) mass is 244 g/mol. The SMILES string of the molecule is NN1C(=O)NC(Cc2c[nH]c3ccccc23)C1=O. The van der Waals surface area contributed by atoms with Gasteiger partial charge in [-0.25, -0.2) is 10.6 Å². The van der Waals surface area contributed by atoms with Gasteiger partial charge < -0.3 is 10.3 Å². The van der Waals surface area contributed by atoms with Crippen molar-refractivity contribution in [2.75, 3.05) is 0 Å². The van der Waals surface area contributed by atoms with Gasteiger partial charge >= 0.3 is 6.03 Å². The van der Waals surface area contributed by atoms with Gasteiger partial charge in [0.15, 0.2) is 0 Å². The first-order valence-electron chi connectivity index (χ1n) is 5.61. The standard InChI is InChI=1S/C12H12N4O2/c13-16-11(17)10(15-12(16)18)5-7-6-14-9-4-2-1-3-8(7)9/h1-4,6,10,14H,5,13H2,(H,15,18). The van der Waals surface area contributed by atoms with Crippen LogP contribution in [0.15, 0.2) is 30.5 Å². The van der Waals surface area contributed by atoms with Gasteiger partial charge in [0.1, 0.15) is 6.04 Å². The summed E-state index contributed by atoms with van der Waals surface area (Å²) in [6.45, 7) is 0. The first-order chi connectivity index (χ1) is 8.66. The number of H-pyrrole nitrogens is 1. The molecule has 1 saturated heterocycles. The predicted octanol–water partition coefficient (Wildman–Crippen LogP) is 0.504. The minimum atomic E-state index is -0.582. The maximum absolute atomic E-state index is 11.7. The lowest BCUT2D eigenvalue weighted by atomic mass is 10.1. The van der Waals surface area contributed by atoms with E-state index in [2.05, 4.69) is 10.3 Å². The van der Waals surface area contributed by atoms with Crippen LogP contribution >= 0.6 is 0 Å². The molecular weight excluding hydrogens is 232 g/mol. The number of hydrazine groups is 1. The second-order valence-electron chi connectivity index (χ2n) is 4.27. The highest BCUT2D eigenvalue weighted by atomic mass is 16.2. The first kappa shape index (κ1) is 10.8. The van der Waals surface area contributed by atoms with Gasteiger partial charge in [0, 0.05) is 23.5 Å². The summed E-state index contributed by atoms with van der Waals surface area (Å²) in [5.41, 5.74) is 1.99. The molecule has 6 heteroatoms. The van der Waals surface area contributed by atoms with Crippen molar-refractivity contribution in [3.05, 3.63) is 36.0 Å². The van der Waals surface area contributed by atoms with Crippen LogP contribution in [0, 0.1) is 0 Å². The smallest absolute Gasteiger partial charge is 0.339 e. The molecule has 0 radical (unpaired) electrons. The number of carbonyl (C=O) groups excluding carboxylic acids is 2. The third-order valence-electron chi connectivity index (χ3n) is 3.15. The van der Waals surface area contributed by atoms with Crippen molar-refractivity contribution in [3.8, 4) is 0 Å². The van der Waals surface area contributed by atoms with Crippen molar-refractivity contribution in [3.63, 3.8) is 0 Å². The number of hydrogen-bond donors (Lipinski definition) is 3. The summed E-state index contributed by atoms with van der Waals surface area (Å²) in [5, 5.41) is 4.23. The molecule has 92 valence electrons. The van der Waals surface area contributed by atoms with Gasteiger partial charge in [0.2, 0.25) is 0 Å². The van der Waals surface area contributed by atoms with Crippen LogP contribution in [0.25, 0.3) is 10.9 Å². The largest absolute Gasteiger partial charge is 0.361 e. The molecule has 1 fully saturated rings. The van der Waals surface area contributed by atoms with Gasteiger partial charge in [-0.1, -0.05) is 18.2 Å². The van der Waals surface area contributed by atoms with E-state index in [4.69, 9.17) is 5.84 Å². The molecule has 3 amide bonds. The quantitative estimate of drug-likeness (QED) is 0.408. The van der Waals surface area contributed by atoms with Crippen LogP contribution in [0.3, 0.4) is 0 Å². The molecule has 1 atom stereocenters. The Morgan fingerprint density at radius 3 is 2.78 bits per heavy atom. The number of nitrogens with two attached hydrogens (primary N) is 1. The third-order valence-corrected chi connectivity index (χ3v) is 3.15. The van der Waals surface area contributed by atoms with Crippen molar-refractivity contribution in [2.24, 2.45) is 5.84 Å². The molecule has 0 aliphatic carbocycles. The molecule has 0 bridgehead atoms. The Labute approximate surface area is 103 Å². The van der Waals surface area contributed by atoms with Gasteiger partial charge in [-0.2, -0.15) is 5.01 Å². The molecular formula is C12H12N4O2. The molecule has 18 heavy (non-hydrogen) atoms. The molecule has 6 nitrogen and oxygen atoms in total. The van der Waals surface area contributed by atoms with Crippen LogP contribution in [0.5, 0.6) is 0 Å². The Balaban J connectivity index is 1.89. The number of hydrogen-bond acceptors (Lipinski definition) is 3. The van der Waals surface area contributed by atoms with Gasteiger partial charge in [0.05, 0.1) is 0 Å². The molecule has 1 unspecified atom stereocenters. The second-order valence-corrected chi connectivity index (χ2v) is 4.27. The lowest BCUT2D eigenvalue weighted by molar-refractivity contribution is -0.127. The average molecular weight is 244 g/mol. The van der Waals surface area contributed by atoms with Gasteiger partial charge in [-0.05, 0) is 11.6 Å². The lowest BCUT2D eigenvalue weighted by Crippen LogP contribution is -2.38. The van der Waals surface area contributed by atoms with Gasteiger partial charge in [0.25, 0.3) is 5.91 Å². The number of amides is 3. The molecule has 0 saturated carbocycles. The minimum Gasteiger partial charge on any atom is -0.361 e. The average Bonchev–Trinajstić information content (AvgIpc) is 2.89. The number of urea groups is 1. The number of para-hydroxylation sites is 1. The normalized spacial score (nSPS) is 19.6. The second kappa shape index (κ2) is 3.85. The van der Waals surface area contributed by atoms with Crippen LogP contribution in [0.4, 0.5) is 4.79 Å². The van der Waals surface area contributed by atoms with E-state index in [1.165, 1.54) is 0 Å². The maximum Gasteiger partial charge on any atom is 0.339 e. The summed E-state index contributed by atoms with van der Waals surface area (Å²) in [6, 6.07) is 6.68. The molecule has 3 rings (SSSR count). The van der Waals surface area contributed by atoms with Crippen molar-refractivity contribution in [1.29, 1.82) is 0 Å². The number of aromatic nitrogens is 1. The number of benzene rings is 1. The lowest BCUT2D eigenvalue weighted by Gasteiger charge is -2.06. The van der Waals surface area contributed by atoms with Crippen LogP contribution < -0.4 is 11.2 Å². The minimum absolute atomic E-state index is 0.398. The molecule has 0 spiro atoms. The van der Waals surface area contributed by atoms with Crippen LogP contribution in [0.1, 0.15) is 5.56 Å². The van der Waals surface area contributed by atoms with E-state index in [1.807, 2.05) is 30.5 Å². The summed E-state index contributed by atoms with van der Waals surface area (Å²) in [5.74, 6) is 4.92. The third kappa shape index (κ3) is 1.54. The fraction of sp³-hybridized carbons (Fsp3) is 0.167. The molecule has 2 aromatic rings. The van der Waals surface area contributed by atoms with Gasteiger partial charge in [-0.3, -0.25) is 4.79 Å². The number of aromatic amines is 1. The predicted molar refractivity (Wildman–Crippen MR) is 65.4 cm³/mol. The van der Waals surface area contributed by atoms with E-state index in [1.54, 1.807) is 0 Å². The van der Waals surface area contributed by atoms with E-state index in [0.29, 0.717) is 11.4 Å². The molecule has 1 aromatic heterocycles. The summed E-state index contributed by atoms with van der Waals surface area (Å²) in [6.07, 6.45) is 2.28. The maximum atomic E-state index is 11.7. The van der Waals surface area contributed by atoms with Crippen molar-refractivity contribution >= 4 is 22.8 Å². The van der Waals surface area contributed by atoms with E-state index < -0.39 is 18.0 Å². The van der Waals surface area contributed by atoms with Gasteiger partial charge in [-0.15, -0.1) is 0 Å². The van der Waals surface area contributed by atoms with Crippen LogP contribution in [0.2, 0.25) is 0 Å². The Morgan fingerprint density at radius 2 is 2.06 bits per heavy atom. The summed E-state index contributed by atoms with van der Waals surface area (Å²) >= 11 is 0. The first-order valence-corrected chi connectivity index (χ1v) is 5.61. The van der Waals surface area contributed by atoms with E-state index in [0.717, 1.165) is 16.5 Å². The Hall–Kier alpha value is -2.34. The molecule has 1 aliphatic rings. The fourth-order valence-electron chi connectivity index (χ4n) is 2.21. The molecule has 1 aliphatic heterocycles. The van der Waals surface area contributed by atoms with E-state index >= 15 is 0 Å². The number of fused-ring (bicyclic) bond motifs is 1. The highest BCUT2D eigenvalue weighted by Gasteiger charge is 2.36. The number of nitrogens with zero attached hydrogens (tertiary/aromatic N) is 1. The van der Waals surface area contributed by atoms with Crippen LogP contribution in [-0.2, 0) is 11.2 Å². The Kier molecular flexibility index (Phi) is 2.31. The molecule has 2 heterocycles. The molecule has 4 N–H and O–H groups in total. The highest BCUT2D eigenvalue weighted by Crippen LogP contribution is 2.20. The summed E-state index contributed by atoms with van der Waals surface area (Å²) < 4.78 is 0. The Morgan fingerprint density at radius 1 is 1.28 bits per heavy atom. The zero-order valence-electron chi connectivity index (χ0n) is 9.51. The van der Waals surface area contributed by atoms with Crippen molar-refractivity contribution in [2.45, 2.75) is 12.5 Å². The number of rotatable bonds is 2. The topological polar surface area (TPSA) is 91.2 Å². The number of carbonyl (C=O) groups is 2. The fourth-order valence-corrected chi connectivity index (χ4v) is 2.21. The zero-order valence-corrected chi connectivity index (χ0v) is 9.51. The zero-order chi connectivity index (χ0) is 12.7. The highest BCUT2D eigenvalue weighted by molar-refractivity contribution is 6.03. The van der Waals surface area contributed by atoms with E-state index in [9.17, 15) is 9.59 Å². The molecule has 1 aromatic carbocycles. The van der Waals surface area contributed by atoms with E-state index in [-0.39, 0.29) is 0 Å². The summed E-state index contributed by atoms with van der Waals surface area (Å²) in [4.78, 5) is 26.1. The number of nitrogens with one attached hydrogen (secondary N) is 2. The van der Waals surface area contributed by atoms with Crippen LogP contribution in [-0.4, -0.2) is 28.0 Å².